The molecule has 4 nitrogen and oxygen atoms in total. The van der Waals surface area contributed by atoms with Crippen LogP contribution in [0.15, 0.2) is 0 Å². The third-order valence-electron chi connectivity index (χ3n) is 3.67. The van der Waals surface area contributed by atoms with Gasteiger partial charge in [0, 0.05) is 6.42 Å². The van der Waals surface area contributed by atoms with E-state index < -0.39 is 11.7 Å². The Morgan fingerprint density at radius 2 is 1.61 bits per heavy atom. The quantitative estimate of drug-likeness (QED) is 0.351. The highest BCUT2D eigenvalue weighted by Gasteiger charge is 2.31. The summed E-state index contributed by atoms with van der Waals surface area (Å²) in [6.45, 7) is 10.6. The molecule has 1 atom stereocenters. The number of aliphatic hydroxyl groups is 1. The van der Waals surface area contributed by atoms with Gasteiger partial charge in [-0.15, -0.1) is 0 Å². The Morgan fingerprint density at radius 1 is 1.06 bits per heavy atom. The molecule has 0 saturated carbocycles. The molecular formula is C14H30O4. The van der Waals surface area contributed by atoms with E-state index >= 15 is 0 Å². The summed E-state index contributed by atoms with van der Waals surface area (Å²) in [6.07, 6.45) is 3.84. The van der Waals surface area contributed by atoms with Crippen molar-refractivity contribution < 1.29 is 19.9 Å². The van der Waals surface area contributed by atoms with Gasteiger partial charge in [0.15, 0.2) is 0 Å². The monoisotopic (exact) mass is 262 g/mol. The lowest BCUT2D eigenvalue weighted by Crippen LogP contribution is -2.35. The van der Waals surface area contributed by atoms with E-state index in [1.807, 2.05) is 13.8 Å². The van der Waals surface area contributed by atoms with Crippen LogP contribution < -0.4 is 0 Å². The highest BCUT2D eigenvalue weighted by Crippen LogP contribution is 2.27. The number of hydrogen-bond acceptors (Lipinski definition) is 4. The Labute approximate surface area is 111 Å². The largest absolute Gasteiger partial charge is 0.393 e. The molecule has 110 valence electrons. The molecule has 1 unspecified atom stereocenters. The SMILES string of the molecule is CCC(CC)COOOC(CC)(CC)CC(C)O. The van der Waals surface area contributed by atoms with E-state index in [0.29, 0.717) is 18.9 Å². The second kappa shape index (κ2) is 9.73. The third kappa shape index (κ3) is 6.69. The van der Waals surface area contributed by atoms with Gasteiger partial charge in [0.2, 0.25) is 0 Å². The molecule has 0 aliphatic rings. The highest BCUT2D eigenvalue weighted by atomic mass is 17.5. The Kier molecular flexibility index (Phi) is 9.64. The van der Waals surface area contributed by atoms with Gasteiger partial charge in [-0.05, 0) is 25.7 Å². The van der Waals surface area contributed by atoms with Crippen molar-refractivity contribution in [2.24, 2.45) is 5.92 Å². The third-order valence-corrected chi connectivity index (χ3v) is 3.67. The smallest absolute Gasteiger partial charge is 0.109 e. The first-order chi connectivity index (χ1) is 8.53. The van der Waals surface area contributed by atoms with Crippen molar-refractivity contribution in [2.75, 3.05) is 6.61 Å². The summed E-state index contributed by atoms with van der Waals surface area (Å²) in [5, 5.41) is 14.4. The second-order valence-corrected chi connectivity index (χ2v) is 5.06. The maximum atomic E-state index is 9.49. The fraction of sp³-hybridized carbons (Fsp3) is 1.00. The number of aliphatic hydroxyl groups excluding tert-OH is 1. The van der Waals surface area contributed by atoms with Gasteiger partial charge in [-0.3, -0.25) is 0 Å². The molecule has 18 heavy (non-hydrogen) atoms. The van der Waals surface area contributed by atoms with E-state index in [-0.39, 0.29) is 0 Å². The lowest BCUT2D eigenvalue weighted by Gasteiger charge is -2.30. The van der Waals surface area contributed by atoms with Crippen molar-refractivity contribution in [1.29, 1.82) is 0 Å². The standard InChI is InChI=1S/C14H30O4/c1-6-13(7-2)11-16-18-17-14(8-3,9-4)10-12(5)15/h12-13,15H,6-11H2,1-5H3. The van der Waals surface area contributed by atoms with E-state index in [1.165, 1.54) is 0 Å². The summed E-state index contributed by atoms with van der Waals surface area (Å²) in [5.41, 5.74) is -0.456. The van der Waals surface area contributed by atoms with Gasteiger partial charge >= 0.3 is 0 Å². The van der Waals surface area contributed by atoms with Crippen LogP contribution in [0.3, 0.4) is 0 Å². The molecule has 0 saturated heterocycles. The molecular weight excluding hydrogens is 232 g/mol. The van der Waals surface area contributed by atoms with Gasteiger partial charge in [-0.2, -0.15) is 4.89 Å². The molecule has 0 aromatic carbocycles. The normalized spacial score (nSPS) is 14.2. The molecule has 0 spiro atoms. The minimum absolute atomic E-state index is 0.410. The molecule has 0 aliphatic carbocycles. The lowest BCUT2D eigenvalue weighted by atomic mass is 9.91. The maximum absolute atomic E-state index is 9.49. The first kappa shape index (κ1) is 17.8. The van der Waals surface area contributed by atoms with Crippen molar-refractivity contribution in [1.82, 2.24) is 0 Å². The fourth-order valence-corrected chi connectivity index (χ4v) is 1.97. The Bertz CT molecular complexity index is 186. The predicted molar refractivity (Wildman–Crippen MR) is 71.8 cm³/mol. The topological polar surface area (TPSA) is 47.9 Å². The molecule has 0 amide bonds. The van der Waals surface area contributed by atoms with Crippen molar-refractivity contribution in [2.45, 2.75) is 78.4 Å². The number of hydrogen-bond donors (Lipinski definition) is 1. The summed E-state index contributed by atoms with van der Waals surface area (Å²) < 4.78 is 0. The Morgan fingerprint density at radius 3 is 2.00 bits per heavy atom. The molecule has 1 N–H and O–H groups in total. The lowest BCUT2D eigenvalue weighted by molar-refractivity contribution is -0.548. The van der Waals surface area contributed by atoms with Crippen LogP contribution in [0.25, 0.3) is 0 Å². The number of rotatable bonds is 11. The van der Waals surface area contributed by atoms with Crippen molar-refractivity contribution >= 4 is 0 Å². The first-order valence-electron chi connectivity index (χ1n) is 7.18. The molecule has 0 fully saturated rings. The minimum Gasteiger partial charge on any atom is -0.393 e. The molecule has 0 heterocycles. The van der Waals surface area contributed by atoms with Crippen LogP contribution in [0.2, 0.25) is 0 Å². The molecule has 0 radical (unpaired) electrons. The molecule has 0 aromatic rings. The average molecular weight is 262 g/mol. The average Bonchev–Trinajstić information content (AvgIpc) is 2.37. The van der Waals surface area contributed by atoms with Crippen LogP contribution in [-0.4, -0.2) is 23.4 Å². The van der Waals surface area contributed by atoms with Crippen molar-refractivity contribution in [3.05, 3.63) is 0 Å². The molecule has 0 aromatic heterocycles. The fourth-order valence-electron chi connectivity index (χ4n) is 1.97. The minimum atomic E-state index is -0.456. The van der Waals surface area contributed by atoms with Gasteiger partial charge in [-0.1, -0.05) is 45.6 Å². The van der Waals surface area contributed by atoms with Gasteiger partial charge < -0.3 is 5.11 Å². The van der Waals surface area contributed by atoms with Crippen LogP contribution in [-0.2, 0) is 14.8 Å². The highest BCUT2D eigenvalue weighted by molar-refractivity contribution is 4.78. The van der Waals surface area contributed by atoms with Crippen LogP contribution in [0.1, 0.15) is 66.7 Å². The Hall–Kier alpha value is -0.160. The van der Waals surface area contributed by atoms with Gasteiger partial charge in [0.1, 0.15) is 5.60 Å². The van der Waals surface area contributed by atoms with E-state index in [9.17, 15) is 5.11 Å². The van der Waals surface area contributed by atoms with Crippen LogP contribution in [0, 0.1) is 5.92 Å². The molecule has 0 bridgehead atoms. The van der Waals surface area contributed by atoms with Crippen LogP contribution in [0.5, 0.6) is 0 Å². The Balaban J connectivity index is 4.04. The maximum Gasteiger partial charge on any atom is 0.109 e. The van der Waals surface area contributed by atoms with E-state index in [4.69, 9.17) is 14.8 Å². The van der Waals surface area contributed by atoms with Gasteiger partial charge in [0.25, 0.3) is 0 Å². The first-order valence-corrected chi connectivity index (χ1v) is 7.18. The van der Waals surface area contributed by atoms with Gasteiger partial charge in [-0.25, -0.2) is 4.89 Å². The van der Waals surface area contributed by atoms with Crippen molar-refractivity contribution in [3.8, 4) is 0 Å². The summed E-state index contributed by atoms with van der Waals surface area (Å²) in [6, 6.07) is 0. The molecule has 4 heteroatoms. The summed E-state index contributed by atoms with van der Waals surface area (Å²) in [5.74, 6) is 0.503. The zero-order chi connectivity index (χ0) is 14.0. The van der Waals surface area contributed by atoms with E-state index in [0.717, 1.165) is 25.7 Å². The summed E-state index contributed by atoms with van der Waals surface area (Å²) in [4.78, 5) is 10.5. The van der Waals surface area contributed by atoms with E-state index in [2.05, 4.69) is 13.8 Å². The second-order valence-electron chi connectivity index (χ2n) is 5.06. The van der Waals surface area contributed by atoms with Crippen molar-refractivity contribution in [3.63, 3.8) is 0 Å². The predicted octanol–water partition coefficient (Wildman–Crippen LogP) is 3.63. The van der Waals surface area contributed by atoms with E-state index in [1.54, 1.807) is 6.92 Å². The molecule has 0 aliphatic heterocycles. The zero-order valence-corrected chi connectivity index (χ0v) is 12.6. The van der Waals surface area contributed by atoms with Crippen LogP contribution >= 0.6 is 0 Å². The summed E-state index contributed by atoms with van der Waals surface area (Å²) in [7, 11) is 0. The summed E-state index contributed by atoms with van der Waals surface area (Å²) >= 11 is 0. The zero-order valence-electron chi connectivity index (χ0n) is 12.6. The van der Waals surface area contributed by atoms with Gasteiger partial charge in [0.05, 0.1) is 12.7 Å². The van der Waals surface area contributed by atoms with Crippen LogP contribution in [0.4, 0.5) is 0 Å². The molecule has 0 rings (SSSR count).